The molecule has 242 valence electrons. The lowest BCUT2D eigenvalue weighted by molar-refractivity contribution is 0.940. The number of anilines is 4. The third-order valence-corrected chi connectivity index (χ3v) is 12.6. The summed E-state index contributed by atoms with van der Waals surface area (Å²) < 4.78 is 0. The zero-order valence-corrected chi connectivity index (χ0v) is 30.2. The molecule has 7 aromatic rings. The maximum absolute atomic E-state index is 2.62. The average Bonchev–Trinajstić information content (AvgIpc) is 3.79. The van der Waals surface area contributed by atoms with Crippen molar-refractivity contribution in [3.8, 4) is 20.9 Å². The van der Waals surface area contributed by atoms with E-state index in [1.165, 1.54) is 75.2 Å². The molecule has 2 nitrogen and oxygen atoms in total. The Morgan fingerprint density at radius 2 is 0.820 bits per heavy atom. The van der Waals surface area contributed by atoms with E-state index in [0.29, 0.717) is 0 Å². The number of thiophene rings is 2. The summed E-state index contributed by atoms with van der Waals surface area (Å²) in [6.07, 6.45) is 4.46. The molecule has 0 aliphatic carbocycles. The molecule has 0 N–H and O–H groups in total. The van der Waals surface area contributed by atoms with Crippen LogP contribution in [0.4, 0.5) is 22.7 Å². The molecule has 6 heteroatoms. The van der Waals surface area contributed by atoms with Gasteiger partial charge in [-0.1, -0.05) is 147 Å². The van der Waals surface area contributed by atoms with Crippen LogP contribution >= 0.6 is 22.7 Å². The van der Waals surface area contributed by atoms with Crippen molar-refractivity contribution in [1.82, 2.24) is 0 Å². The van der Waals surface area contributed by atoms with Gasteiger partial charge in [-0.15, -0.1) is 22.7 Å². The molecule has 0 fully saturated rings. The highest BCUT2D eigenvalue weighted by atomic mass is 32.1. The molecule has 0 saturated heterocycles. The van der Waals surface area contributed by atoms with Crippen LogP contribution in [0.15, 0.2) is 146 Å². The molecule has 9 rings (SSSR count). The Hall–Kier alpha value is -4.77. The fraction of sp³-hybridized carbons (Fsp3) is 0.136. The van der Waals surface area contributed by atoms with Crippen LogP contribution in [0.2, 0.25) is 0 Å². The zero-order chi connectivity index (χ0) is 33.6. The molecular formula is C44H38B2N2S2. The first kappa shape index (κ1) is 31.2. The Kier molecular flexibility index (Phi) is 8.22. The van der Waals surface area contributed by atoms with Gasteiger partial charge in [0.25, 0.3) is 0 Å². The molecular weight excluding hydrogens is 642 g/mol. The summed E-state index contributed by atoms with van der Waals surface area (Å²) in [5, 5.41) is 0. The highest BCUT2D eigenvalue weighted by Gasteiger charge is 2.43. The van der Waals surface area contributed by atoms with Crippen LogP contribution in [0.3, 0.4) is 0 Å². The number of fused-ring (bicyclic) bond motifs is 6. The van der Waals surface area contributed by atoms with Crippen molar-refractivity contribution in [2.75, 3.05) is 9.62 Å². The Morgan fingerprint density at radius 1 is 0.460 bits per heavy atom. The van der Waals surface area contributed by atoms with E-state index >= 15 is 0 Å². The predicted molar refractivity (Wildman–Crippen MR) is 221 cm³/mol. The largest absolute Gasteiger partial charge is 0.376 e. The maximum atomic E-state index is 2.62. The molecule has 2 aromatic heterocycles. The first-order valence-corrected chi connectivity index (χ1v) is 19.6. The lowest BCUT2D eigenvalue weighted by Gasteiger charge is -2.41. The van der Waals surface area contributed by atoms with Crippen LogP contribution in [0.5, 0.6) is 0 Å². The molecule has 4 heterocycles. The third-order valence-electron chi connectivity index (χ3n) is 10.1. The highest BCUT2D eigenvalue weighted by molar-refractivity contribution is 7.19. The van der Waals surface area contributed by atoms with Gasteiger partial charge in [0.15, 0.2) is 0 Å². The summed E-state index contributed by atoms with van der Waals surface area (Å²) in [4.78, 5) is 11.0. The Morgan fingerprint density at radius 3 is 1.18 bits per heavy atom. The lowest BCUT2D eigenvalue weighted by atomic mass is 9.46. The first-order valence-electron chi connectivity index (χ1n) is 18.0. The topological polar surface area (TPSA) is 6.48 Å². The van der Waals surface area contributed by atoms with Gasteiger partial charge in [-0.25, -0.2) is 0 Å². The Bertz CT molecular complexity index is 2100. The van der Waals surface area contributed by atoms with Gasteiger partial charge in [-0.05, 0) is 60.2 Å². The average molecular weight is 681 g/mol. The van der Waals surface area contributed by atoms with E-state index in [0.717, 1.165) is 25.7 Å². The minimum absolute atomic E-state index is 0.0744. The van der Waals surface area contributed by atoms with Crippen molar-refractivity contribution < 1.29 is 0 Å². The minimum atomic E-state index is 0.0744. The fourth-order valence-electron chi connectivity index (χ4n) is 8.06. The van der Waals surface area contributed by atoms with Crippen LogP contribution in [-0.2, 0) is 12.8 Å². The van der Waals surface area contributed by atoms with Crippen molar-refractivity contribution in [2.24, 2.45) is 0 Å². The van der Waals surface area contributed by atoms with Gasteiger partial charge in [-0.2, -0.15) is 0 Å². The minimum Gasteiger partial charge on any atom is -0.376 e. The third kappa shape index (κ3) is 5.25. The van der Waals surface area contributed by atoms with Crippen molar-refractivity contribution >= 4 is 81.0 Å². The maximum Gasteiger partial charge on any atom is 0.329 e. The molecule has 0 unspecified atom stereocenters. The smallest absolute Gasteiger partial charge is 0.329 e. The van der Waals surface area contributed by atoms with Crippen LogP contribution in [0.25, 0.3) is 20.9 Å². The van der Waals surface area contributed by atoms with Gasteiger partial charge < -0.3 is 9.62 Å². The Balaban J connectivity index is 1.37. The van der Waals surface area contributed by atoms with Crippen molar-refractivity contribution in [3.63, 3.8) is 0 Å². The second kappa shape index (κ2) is 13.2. The molecule has 5 aromatic carbocycles. The van der Waals surface area contributed by atoms with Gasteiger partial charge >= 0.3 is 13.7 Å². The number of hydrogen-bond donors (Lipinski definition) is 0. The van der Waals surface area contributed by atoms with E-state index in [-0.39, 0.29) is 13.7 Å². The molecule has 0 atom stereocenters. The van der Waals surface area contributed by atoms with Crippen molar-refractivity contribution in [2.45, 2.75) is 39.5 Å². The Labute approximate surface area is 304 Å². The molecule has 0 radical (unpaired) electrons. The van der Waals surface area contributed by atoms with Gasteiger partial charge in [0.1, 0.15) is 0 Å². The summed E-state index contributed by atoms with van der Waals surface area (Å²) in [5.41, 5.74) is 13.1. The first-order chi connectivity index (χ1) is 24.7. The van der Waals surface area contributed by atoms with Crippen LogP contribution in [-0.4, -0.2) is 13.7 Å². The summed E-state index contributed by atoms with van der Waals surface area (Å²) in [5.74, 6) is 0. The number of nitrogens with zero attached hydrogens (tertiary/aromatic N) is 2. The SMILES string of the molecule is CCCc1cc2c(s1)-c1cc3c(cc1N(c1ccccc1)B2c1ccccc1)-c1sc(CCC)cc1B(c1ccccc1)N3c1ccccc1. The van der Waals surface area contributed by atoms with Crippen molar-refractivity contribution in [3.05, 3.63) is 155 Å². The lowest BCUT2D eigenvalue weighted by Crippen LogP contribution is -2.58. The second-order valence-corrected chi connectivity index (χ2v) is 15.7. The quantitative estimate of drug-likeness (QED) is 0.148. The highest BCUT2D eigenvalue weighted by Crippen LogP contribution is 2.51. The molecule has 0 bridgehead atoms. The summed E-state index contributed by atoms with van der Waals surface area (Å²) >= 11 is 3.99. The van der Waals surface area contributed by atoms with Crippen LogP contribution in [0, 0.1) is 0 Å². The summed E-state index contributed by atoms with van der Waals surface area (Å²) in [7, 11) is 0. The van der Waals surface area contributed by atoms with Gasteiger partial charge in [0.05, 0.1) is 0 Å². The zero-order valence-electron chi connectivity index (χ0n) is 28.6. The van der Waals surface area contributed by atoms with E-state index in [4.69, 9.17) is 0 Å². The number of aryl methyl sites for hydroxylation is 2. The molecule has 50 heavy (non-hydrogen) atoms. The van der Waals surface area contributed by atoms with E-state index in [1.54, 1.807) is 0 Å². The molecule has 0 spiro atoms. The van der Waals surface area contributed by atoms with Crippen LogP contribution in [0.1, 0.15) is 36.4 Å². The number of rotatable bonds is 8. The molecule has 0 saturated carbocycles. The molecule has 2 aliphatic rings. The van der Waals surface area contributed by atoms with E-state index < -0.39 is 0 Å². The fourth-order valence-corrected chi connectivity index (χ4v) is 10.7. The summed E-state index contributed by atoms with van der Waals surface area (Å²) in [6.45, 7) is 4.73. The standard InChI is InChI=1S/C44H38B2N2S2/c1-3-17-35-27-39-43(49-35)37-29-42-38(30-41(37)47(33-23-13-7-14-24-33)45(39)31-19-9-5-10-20-31)44-40(28-36(50-44)18-4-2)46(32-21-11-6-12-22-32)48(42)34-25-15-8-16-26-34/h5-16,19-30H,3-4,17-18H2,1-2H3. The number of benzene rings is 5. The van der Waals surface area contributed by atoms with Gasteiger partial charge in [0, 0.05) is 53.4 Å². The second-order valence-electron chi connectivity index (χ2n) is 13.4. The van der Waals surface area contributed by atoms with Crippen LogP contribution < -0.4 is 31.5 Å². The monoisotopic (exact) mass is 680 g/mol. The molecule has 2 aliphatic heterocycles. The molecule has 0 amide bonds. The van der Waals surface area contributed by atoms with E-state index in [1.807, 2.05) is 22.7 Å². The van der Waals surface area contributed by atoms with Gasteiger partial charge in [-0.3, -0.25) is 0 Å². The number of hydrogen-bond acceptors (Lipinski definition) is 4. The number of para-hydroxylation sites is 2. The summed E-state index contributed by atoms with van der Waals surface area (Å²) in [6, 6.07) is 54.4. The van der Waals surface area contributed by atoms with Gasteiger partial charge in [0.2, 0.25) is 0 Å². The normalized spacial score (nSPS) is 13.2. The van der Waals surface area contributed by atoms with E-state index in [2.05, 4.69) is 169 Å². The van der Waals surface area contributed by atoms with Crippen molar-refractivity contribution in [1.29, 1.82) is 0 Å². The predicted octanol–water partition coefficient (Wildman–Crippen LogP) is 9.56. The van der Waals surface area contributed by atoms with E-state index in [9.17, 15) is 0 Å².